The molecule has 0 spiro atoms. The molecule has 0 bridgehead atoms. The van der Waals surface area contributed by atoms with Crippen LogP contribution in [0.1, 0.15) is 20.3 Å². The van der Waals surface area contributed by atoms with Gasteiger partial charge in [-0.05, 0) is 5.92 Å². The van der Waals surface area contributed by atoms with Gasteiger partial charge in [0.25, 0.3) is 0 Å². The molecule has 0 atom stereocenters. The van der Waals surface area contributed by atoms with Crippen LogP contribution in [0.15, 0.2) is 11.8 Å². The van der Waals surface area contributed by atoms with Gasteiger partial charge in [-0.15, -0.1) is 0 Å². The van der Waals surface area contributed by atoms with Gasteiger partial charge in [0.2, 0.25) is 0 Å². The quantitative estimate of drug-likeness (QED) is 0.559. The summed E-state index contributed by atoms with van der Waals surface area (Å²) < 4.78 is 0. The van der Waals surface area contributed by atoms with Crippen molar-refractivity contribution in [2.45, 2.75) is 20.3 Å². The molecule has 1 rings (SSSR count). The summed E-state index contributed by atoms with van der Waals surface area (Å²) >= 11 is 4.95. The van der Waals surface area contributed by atoms with Crippen molar-refractivity contribution in [1.29, 1.82) is 0 Å². The third-order valence-electron chi connectivity index (χ3n) is 1.41. The molecule has 0 radical (unpaired) electrons. The van der Waals surface area contributed by atoms with Crippen LogP contribution in [-0.2, 0) is 0 Å². The lowest BCUT2D eigenvalue weighted by Crippen LogP contribution is -2.16. The molecule has 0 aromatic rings. The molecule has 0 aromatic heterocycles. The molecular formula is C7H11NS. The fourth-order valence-electron chi connectivity index (χ4n) is 0.846. The lowest BCUT2D eigenvalue weighted by molar-refractivity contribution is 0.736. The first-order chi connectivity index (χ1) is 4.20. The lowest BCUT2D eigenvalue weighted by Gasteiger charge is -2.05. The number of allylic oxidation sites excluding steroid dienone is 1. The van der Waals surface area contributed by atoms with Crippen molar-refractivity contribution < 1.29 is 0 Å². The van der Waals surface area contributed by atoms with E-state index in [0.717, 1.165) is 11.4 Å². The summed E-state index contributed by atoms with van der Waals surface area (Å²) in [4.78, 5) is 0.957. The largest absolute Gasteiger partial charge is 0.353 e. The Balaban J connectivity index is 2.55. The van der Waals surface area contributed by atoms with Crippen molar-refractivity contribution in [1.82, 2.24) is 5.32 Å². The molecule has 1 N–H and O–H groups in total. The van der Waals surface area contributed by atoms with Gasteiger partial charge in [-0.25, -0.2) is 0 Å². The van der Waals surface area contributed by atoms with Crippen molar-refractivity contribution in [3.63, 3.8) is 0 Å². The van der Waals surface area contributed by atoms with Crippen LogP contribution in [0.25, 0.3) is 0 Å². The maximum atomic E-state index is 4.95. The monoisotopic (exact) mass is 141 g/mol. The highest BCUT2D eigenvalue weighted by molar-refractivity contribution is 7.80. The highest BCUT2D eigenvalue weighted by atomic mass is 32.1. The molecule has 1 nitrogen and oxygen atoms in total. The Kier molecular flexibility index (Phi) is 1.86. The zero-order valence-corrected chi connectivity index (χ0v) is 6.59. The molecule has 1 aliphatic rings. The van der Waals surface area contributed by atoms with E-state index in [-0.39, 0.29) is 0 Å². The average molecular weight is 141 g/mol. The van der Waals surface area contributed by atoms with Crippen LogP contribution in [0.4, 0.5) is 0 Å². The molecule has 0 unspecified atom stereocenters. The van der Waals surface area contributed by atoms with Crippen molar-refractivity contribution in [3.8, 4) is 0 Å². The van der Waals surface area contributed by atoms with Crippen LogP contribution < -0.4 is 5.32 Å². The minimum atomic E-state index is 0.588. The first-order valence-electron chi connectivity index (χ1n) is 3.20. The van der Waals surface area contributed by atoms with E-state index in [9.17, 15) is 0 Å². The highest BCUT2D eigenvalue weighted by Crippen LogP contribution is 2.12. The van der Waals surface area contributed by atoms with Crippen LogP contribution in [0.5, 0.6) is 0 Å². The van der Waals surface area contributed by atoms with Crippen LogP contribution in [-0.4, -0.2) is 4.99 Å². The summed E-state index contributed by atoms with van der Waals surface area (Å²) in [5, 5.41) is 3.15. The molecule has 0 amide bonds. The molecule has 2 heteroatoms. The Morgan fingerprint density at radius 3 is 2.56 bits per heavy atom. The van der Waals surface area contributed by atoms with E-state index in [1.807, 2.05) is 0 Å². The van der Waals surface area contributed by atoms with Gasteiger partial charge < -0.3 is 5.32 Å². The topological polar surface area (TPSA) is 12.0 Å². The predicted octanol–water partition coefficient (Wildman–Crippen LogP) is 1.85. The molecule has 0 fully saturated rings. The van der Waals surface area contributed by atoms with E-state index >= 15 is 0 Å². The SMILES string of the molecule is CC(C)C1=CCC(=S)N1. The van der Waals surface area contributed by atoms with Gasteiger partial charge in [-0.3, -0.25) is 0 Å². The number of thiocarbonyl (C=S) groups is 1. The molecule has 1 heterocycles. The third-order valence-corrected chi connectivity index (χ3v) is 1.68. The second kappa shape index (κ2) is 2.48. The van der Waals surface area contributed by atoms with Crippen LogP contribution in [0.2, 0.25) is 0 Å². The molecule has 0 saturated carbocycles. The van der Waals surface area contributed by atoms with Crippen molar-refractivity contribution in [2.75, 3.05) is 0 Å². The molecular weight excluding hydrogens is 130 g/mol. The van der Waals surface area contributed by atoms with Gasteiger partial charge in [-0.2, -0.15) is 0 Å². The Hall–Kier alpha value is -0.370. The molecule has 9 heavy (non-hydrogen) atoms. The third kappa shape index (κ3) is 1.52. The predicted molar refractivity (Wildman–Crippen MR) is 43.3 cm³/mol. The number of hydrogen-bond donors (Lipinski definition) is 1. The minimum Gasteiger partial charge on any atom is -0.353 e. The zero-order valence-electron chi connectivity index (χ0n) is 5.77. The van der Waals surface area contributed by atoms with Crippen LogP contribution in [0, 0.1) is 5.92 Å². The van der Waals surface area contributed by atoms with E-state index < -0.39 is 0 Å². The Labute approximate surface area is 61.1 Å². The molecule has 0 saturated heterocycles. The standard InChI is InChI=1S/C7H11NS/c1-5(2)6-3-4-7(9)8-6/h3,5H,4H2,1-2H3,(H,8,9). The molecule has 0 aliphatic carbocycles. The number of rotatable bonds is 1. The second-order valence-electron chi connectivity index (χ2n) is 2.57. The van der Waals surface area contributed by atoms with Gasteiger partial charge in [0, 0.05) is 12.1 Å². The Bertz CT molecular complexity index is 158. The first-order valence-corrected chi connectivity index (χ1v) is 3.61. The van der Waals surface area contributed by atoms with Crippen molar-refractivity contribution in [2.24, 2.45) is 5.92 Å². The average Bonchev–Trinajstić information content (AvgIpc) is 2.14. The summed E-state index contributed by atoms with van der Waals surface area (Å²) in [5.41, 5.74) is 1.28. The second-order valence-corrected chi connectivity index (χ2v) is 3.06. The minimum absolute atomic E-state index is 0.588. The van der Waals surface area contributed by atoms with E-state index in [0.29, 0.717) is 5.92 Å². The summed E-state index contributed by atoms with van der Waals surface area (Å²) in [5.74, 6) is 0.588. The zero-order chi connectivity index (χ0) is 6.85. The fraction of sp³-hybridized carbons (Fsp3) is 0.571. The van der Waals surface area contributed by atoms with Crippen molar-refractivity contribution in [3.05, 3.63) is 11.8 Å². The molecule has 1 aliphatic heterocycles. The normalized spacial score (nSPS) is 18.1. The Morgan fingerprint density at radius 1 is 1.67 bits per heavy atom. The van der Waals surface area contributed by atoms with Crippen molar-refractivity contribution >= 4 is 17.2 Å². The maximum Gasteiger partial charge on any atom is 0.0833 e. The van der Waals surface area contributed by atoms with Gasteiger partial charge in [0.15, 0.2) is 0 Å². The maximum absolute atomic E-state index is 4.95. The van der Waals surface area contributed by atoms with Gasteiger partial charge in [0.05, 0.1) is 4.99 Å². The molecule has 50 valence electrons. The smallest absolute Gasteiger partial charge is 0.0833 e. The van der Waals surface area contributed by atoms with E-state index in [1.165, 1.54) is 5.70 Å². The van der Waals surface area contributed by atoms with Crippen LogP contribution >= 0.6 is 12.2 Å². The summed E-state index contributed by atoms with van der Waals surface area (Å²) in [7, 11) is 0. The lowest BCUT2D eigenvalue weighted by atomic mass is 10.1. The summed E-state index contributed by atoms with van der Waals surface area (Å²) in [6.07, 6.45) is 3.09. The highest BCUT2D eigenvalue weighted by Gasteiger charge is 2.09. The van der Waals surface area contributed by atoms with Gasteiger partial charge in [-0.1, -0.05) is 32.1 Å². The summed E-state index contributed by atoms with van der Waals surface area (Å²) in [6, 6.07) is 0. The Morgan fingerprint density at radius 2 is 2.33 bits per heavy atom. The van der Waals surface area contributed by atoms with E-state index in [2.05, 4.69) is 25.2 Å². The fourth-order valence-corrected chi connectivity index (χ4v) is 1.05. The van der Waals surface area contributed by atoms with Crippen LogP contribution in [0.3, 0.4) is 0 Å². The van der Waals surface area contributed by atoms with E-state index in [4.69, 9.17) is 12.2 Å². The molecule has 0 aromatic carbocycles. The number of nitrogens with one attached hydrogen (secondary N) is 1. The number of hydrogen-bond acceptors (Lipinski definition) is 1. The summed E-state index contributed by atoms with van der Waals surface area (Å²) in [6.45, 7) is 4.32. The van der Waals surface area contributed by atoms with E-state index in [1.54, 1.807) is 0 Å². The van der Waals surface area contributed by atoms with Gasteiger partial charge in [0.1, 0.15) is 0 Å². The first kappa shape index (κ1) is 6.75. The van der Waals surface area contributed by atoms with Gasteiger partial charge >= 0.3 is 0 Å².